The van der Waals surface area contributed by atoms with Crippen LogP contribution in [-0.2, 0) is 4.79 Å². The lowest BCUT2D eigenvalue weighted by molar-refractivity contribution is -0.115. The van der Waals surface area contributed by atoms with Crippen LogP contribution in [-0.4, -0.2) is 39.8 Å². The molecule has 2 aromatic rings. The van der Waals surface area contributed by atoms with Gasteiger partial charge in [0.25, 0.3) is 11.1 Å². The van der Waals surface area contributed by atoms with E-state index < -0.39 is 17.3 Å². The summed E-state index contributed by atoms with van der Waals surface area (Å²) in [5.41, 5.74) is 1.32. The number of nitrogens with zero attached hydrogens (tertiary/aromatic N) is 3. The Balaban J connectivity index is 1.74. The molecule has 0 spiro atoms. The summed E-state index contributed by atoms with van der Waals surface area (Å²) in [7, 11) is 1.78. The lowest BCUT2D eigenvalue weighted by Gasteiger charge is -2.21. The zero-order valence-corrected chi connectivity index (χ0v) is 14.2. The van der Waals surface area contributed by atoms with Gasteiger partial charge in [-0.15, -0.1) is 0 Å². The Bertz CT molecular complexity index is 826. The van der Waals surface area contributed by atoms with Gasteiger partial charge in [0, 0.05) is 13.2 Å². The maximum atomic E-state index is 11.6. The third-order valence-corrected chi connectivity index (χ3v) is 4.37. The smallest absolute Gasteiger partial charge is 0.290 e. The van der Waals surface area contributed by atoms with Crippen molar-refractivity contribution >= 4 is 34.9 Å². The molecule has 0 saturated carbocycles. The van der Waals surface area contributed by atoms with Crippen molar-refractivity contribution in [3.8, 4) is 0 Å². The van der Waals surface area contributed by atoms with Crippen LogP contribution in [0.25, 0.3) is 6.08 Å². The molecule has 1 fully saturated rings. The average Bonchev–Trinajstić information content (AvgIpc) is 2.93. The Kier molecular flexibility index (Phi) is 5.11. The summed E-state index contributed by atoms with van der Waals surface area (Å²) >= 11 is 0.838. The number of carbonyl (C=O) groups is 2. The van der Waals surface area contributed by atoms with E-state index in [1.54, 1.807) is 24.2 Å². The molecule has 2 heterocycles. The Labute approximate surface area is 148 Å². The Morgan fingerprint density at radius 1 is 1.28 bits per heavy atom. The van der Waals surface area contributed by atoms with Gasteiger partial charge in [-0.05, 0) is 29.5 Å². The molecule has 0 radical (unpaired) electrons. The van der Waals surface area contributed by atoms with Gasteiger partial charge in [0.05, 0.1) is 23.2 Å². The Hall–Kier alpha value is -2.71. The number of anilines is 1. The number of benzene rings is 1. The van der Waals surface area contributed by atoms with E-state index in [1.807, 2.05) is 30.3 Å². The number of amides is 2. The molecule has 1 aliphatic rings. The minimum atomic E-state index is -0.675. The van der Waals surface area contributed by atoms with Gasteiger partial charge < -0.3 is 10.0 Å². The summed E-state index contributed by atoms with van der Waals surface area (Å²) in [5.74, 6) is -0.0120. The highest BCUT2D eigenvalue weighted by Gasteiger charge is 2.25. The number of rotatable bonds is 5. The van der Waals surface area contributed by atoms with Gasteiger partial charge >= 0.3 is 0 Å². The van der Waals surface area contributed by atoms with E-state index in [2.05, 4.69) is 15.3 Å². The van der Waals surface area contributed by atoms with Crippen molar-refractivity contribution < 1.29 is 14.7 Å². The average molecular weight is 356 g/mol. The van der Waals surface area contributed by atoms with Gasteiger partial charge in [-0.3, -0.25) is 14.9 Å². The number of likely N-dealkylation sites (N-methyl/N-ethyl adjacent to an activating group) is 1. The Morgan fingerprint density at radius 2 is 2.04 bits per heavy atom. The van der Waals surface area contributed by atoms with Crippen LogP contribution in [0.5, 0.6) is 0 Å². The number of thioether (sulfide) groups is 1. The number of nitrogens with one attached hydrogen (secondary N) is 1. The lowest BCUT2D eigenvalue weighted by Crippen LogP contribution is -2.26. The molecule has 1 aliphatic heterocycles. The summed E-state index contributed by atoms with van der Waals surface area (Å²) in [6, 6.07) is 11.0. The van der Waals surface area contributed by atoms with Gasteiger partial charge in [-0.25, -0.2) is 9.97 Å². The van der Waals surface area contributed by atoms with Gasteiger partial charge in [0.2, 0.25) is 5.95 Å². The molecule has 0 aliphatic carbocycles. The normalized spacial score (nSPS) is 16.8. The first kappa shape index (κ1) is 17.1. The molecule has 1 unspecified atom stereocenters. The van der Waals surface area contributed by atoms with Crippen LogP contribution in [0.15, 0.2) is 47.5 Å². The quantitative estimate of drug-likeness (QED) is 0.791. The van der Waals surface area contributed by atoms with Crippen molar-refractivity contribution in [2.75, 3.05) is 18.5 Å². The molecule has 2 amide bonds. The van der Waals surface area contributed by atoms with Crippen LogP contribution in [0, 0.1) is 0 Å². The van der Waals surface area contributed by atoms with E-state index in [9.17, 15) is 14.7 Å². The molecule has 8 heteroatoms. The number of aromatic nitrogens is 2. The first-order chi connectivity index (χ1) is 12.0. The monoisotopic (exact) mass is 356 g/mol. The summed E-state index contributed by atoms with van der Waals surface area (Å²) in [6.07, 6.45) is 2.43. The minimum Gasteiger partial charge on any atom is -0.387 e. The van der Waals surface area contributed by atoms with Crippen molar-refractivity contribution in [2.45, 2.75) is 6.10 Å². The largest absolute Gasteiger partial charge is 0.387 e. The van der Waals surface area contributed by atoms with Crippen LogP contribution in [0.3, 0.4) is 0 Å². The highest BCUT2D eigenvalue weighted by Crippen LogP contribution is 2.25. The number of carbonyl (C=O) groups excluding carboxylic acids is 2. The minimum absolute atomic E-state index is 0.293. The zero-order valence-electron chi connectivity index (χ0n) is 13.4. The van der Waals surface area contributed by atoms with Crippen LogP contribution < -0.4 is 10.2 Å². The van der Waals surface area contributed by atoms with Crippen LogP contribution >= 0.6 is 11.8 Å². The number of aliphatic hydroxyl groups is 1. The second-order valence-corrected chi connectivity index (χ2v) is 6.46. The van der Waals surface area contributed by atoms with Crippen LogP contribution in [0.2, 0.25) is 0 Å². The van der Waals surface area contributed by atoms with Gasteiger partial charge in [-0.1, -0.05) is 30.3 Å². The van der Waals surface area contributed by atoms with Gasteiger partial charge in [-0.2, -0.15) is 0 Å². The van der Waals surface area contributed by atoms with Crippen molar-refractivity contribution in [1.82, 2.24) is 15.3 Å². The molecule has 1 saturated heterocycles. The molecule has 2 N–H and O–H groups in total. The molecule has 1 aromatic heterocycles. The molecule has 1 atom stereocenters. The summed E-state index contributed by atoms with van der Waals surface area (Å²) in [4.78, 5) is 33.4. The summed E-state index contributed by atoms with van der Waals surface area (Å²) < 4.78 is 0. The first-order valence-electron chi connectivity index (χ1n) is 7.55. The lowest BCUT2D eigenvalue weighted by atomic mass is 10.1. The second-order valence-electron chi connectivity index (χ2n) is 5.44. The molecular weight excluding hydrogens is 340 g/mol. The molecule has 3 rings (SSSR count). The maximum absolute atomic E-state index is 11.6. The van der Waals surface area contributed by atoms with E-state index in [0.29, 0.717) is 23.1 Å². The molecule has 0 bridgehead atoms. The van der Waals surface area contributed by atoms with Crippen LogP contribution in [0.4, 0.5) is 10.7 Å². The van der Waals surface area contributed by atoms with Crippen molar-refractivity contribution in [3.05, 3.63) is 58.8 Å². The molecule has 7 nitrogen and oxygen atoms in total. The standard InChI is InChI=1S/C17H16N4O3S/c1-21(10-13(22)11-5-3-2-4-6-11)16-18-8-7-12(19-16)9-14-15(23)20-17(24)25-14/h2-9,13,22H,10H2,1H3,(H,20,23,24)/b14-9+. The second kappa shape index (κ2) is 7.45. The van der Waals surface area contributed by atoms with E-state index in [4.69, 9.17) is 0 Å². The summed E-state index contributed by atoms with van der Waals surface area (Å²) in [5, 5.41) is 12.1. The maximum Gasteiger partial charge on any atom is 0.290 e. The fourth-order valence-corrected chi connectivity index (χ4v) is 2.97. The highest BCUT2D eigenvalue weighted by atomic mass is 32.2. The fourth-order valence-electron chi connectivity index (χ4n) is 2.30. The van der Waals surface area contributed by atoms with Crippen molar-refractivity contribution in [2.24, 2.45) is 0 Å². The van der Waals surface area contributed by atoms with Gasteiger partial charge in [0.15, 0.2) is 0 Å². The van der Waals surface area contributed by atoms with E-state index in [0.717, 1.165) is 17.3 Å². The van der Waals surface area contributed by atoms with Crippen LogP contribution in [0.1, 0.15) is 17.4 Å². The van der Waals surface area contributed by atoms with E-state index in [1.165, 1.54) is 6.08 Å². The highest BCUT2D eigenvalue weighted by molar-refractivity contribution is 8.18. The number of imide groups is 1. The molecule has 128 valence electrons. The van der Waals surface area contributed by atoms with E-state index in [-0.39, 0.29) is 0 Å². The van der Waals surface area contributed by atoms with E-state index >= 15 is 0 Å². The van der Waals surface area contributed by atoms with Crippen molar-refractivity contribution in [1.29, 1.82) is 0 Å². The predicted octanol–water partition coefficient (Wildman–Crippen LogP) is 1.97. The van der Waals surface area contributed by atoms with Gasteiger partial charge in [0.1, 0.15) is 0 Å². The number of hydrogen-bond donors (Lipinski definition) is 2. The fraction of sp³-hybridized carbons (Fsp3) is 0.176. The number of aliphatic hydroxyl groups excluding tert-OH is 1. The third-order valence-electron chi connectivity index (χ3n) is 3.56. The Morgan fingerprint density at radius 3 is 2.72 bits per heavy atom. The molecular formula is C17H16N4O3S. The number of hydrogen-bond acceptors (Lipinski definition) is 7. The molecule has 25 heavy (non-hydrogen) atoms. The first-order valence-corrected chi connectivity index (χ1v) is 8.36. The summed E-state index contributed by atoms with van der Waals surface area (Å²) in [6.45, 7) is 0.317. The third kappa shape index (κ3) is 4.23. The van der Waals surface area contributed by atoms with Crippen molar-refractivity contribution in [3.63, 3.8) is 0 Å². The topological polar surface area (TPSA) is 95.4 Å². The zero-order chi connectivity index (χ0) is 17.8. The molecule has 1 aromatic carbocycles. The predicted molar refractivity (Wildman–Crippen MR) is 95.8 cm³/mol. The SMILES string of the molecule is CN(CC(O)c1ccccc1)c1nccc(/C=C2/SC(=O)NC2=O)n1.